The molecule has 2 rings (SSSR count). The number of thiazole rings is 1. The van der Waals surface area contributed by atoms with Crippen molar-refractivity contribution >= 4 is 11.3 Å². The Morgan fingerprint density at radius 1 is 1.35 bits per heavy atom. The van der Waals surface area contributed by atoms with E-state index in [0.29, 0.717) is 5.92 Å². The summed E-state index contributed by atoms with van der Waals surface area (Å²) in [6, 6.07) is 0. The number of hydrogen-bond acceptors (Lipinski definition) is 3. The molecule has 0 saturated heterocycles. The summed E-state index contributed by atoms with van der Waals surface area (Å²) >= 11 is 1.84. The molecular weight excluding hydrogens is 230 g/mol. The maximum absolute atomic E-state index is 5.97. The van der Waals surface area contributed by atoms with E-state index < -0.39 is 0 Å². The second kappa shape index (κ2) is 6.50. The van der Waals surface area contributed by atoms with Crippen LogP contribution in [-0.2, 0) is 11.2 Å². The summed E-state index contributed by atoms with van der Waals surface area (Å²) < 4.78 is 5.97. The summed E-state index contributed by atoms with van der Waals surface area (Å²) in [6.07, 6.45) is 10.1. The van der Waals surface area contributed by atoms with Crippen molar-refractivity contribution in [3.8, 4) is 0 Å². The van der Waals surface area contributed by atoms with Gasteiger partial charge in [0.25, 0.3) is 0 Å². The number of rotatable bonds is 5. The lowest BCUT2D eigenvalue weighted by molar-refractivity contribution is 0.00551. The Morgan fingerprint density at radius 3 is 2.71 bits per heavy atom. The predicted octanol–water partition coefficient (Wildman–Crippen LogP) is 4.36. The van der Waals surface area contributed by atoms with E-state index in [1.165, 1.54) is 42.0 Å². The van der Waals surface area contributed by atoms with Gasteiger partial charge >= 0.3 is 0 Å². The first-order valence-electron chi connectivity index (χ1n) is 6.91. The Morgan fingerprint density at radius 2 is 2.12 bits per heavy atom. The molecule has 0 N–H and O–H groups in total. The third-order valence-electron chi connectivity index (χ3n) is 3.59. The first-order valence-corrected chi connectivity index (χ1v) is 7.73. The highest BCUT2D eigenvalue weighted by atomic mass is 32.1. The largest absolute Gasteiger partial charge is 0.371 e. The summed E-state index contributed by atoms with van der Waals surface area (Å²) in [6.45, 7) is 5.07. The lowest BCUT2D eigenvalue weighted by Crippen LogP contribution is -2.19. The van der Waals surface area contributed by atoms with E-state index >= 15 is 0 Å². The Bertz CT molecular complexity index is 331. The van der Waals surface area contributed by atoms with Gasteiger partial charge in [-0.05, 0) is 32.1 Å². The summed E-state index contributed by atoms with van der Waals surface area (Å²) in [5.41, 5.74) is 0. The van der Waals surface area contributed by atoms with Crippen LogP contribution in [0.1, 0.15) is 61.9 Å². The van der Waals surface area contributed by atoms with Crippen molar-refractivity contribution in [2.45, 2.75) is 58.5 Å². The van der Waals surface area contributed by atoms with E-state index in [1.54, 1.807) is 0 Å². The second-order valence-corrected chi connectivity index (χ2v) is 5.94. The monoisotopic (exact) mass is 253 g/mol. The Balaban J connectivity index is 2.09. The number of nitrogens with zero attached hydrogens (tertiary/aromatic N) is 1. The van der Waals surface area contributed by atoms with E-state index in [4.69, 9.17) is 4.74 Å². The van der Waals surface area contributed by atoms with Gasteiger partial charge in [-0.2, -0.15) is 0 Å². The van der Waals surface area contributed by atoms with Gasteiger partial charge in [-0.15, -0.1) is 11.3 Å². The minimum Gasteiger partial charge on any atom is -0.371 e. The molecule has 1 saturated carbocycles. The van der Waals surface area contributed by atoms with Crippen molar-refractivity contribution in [3.05, 3.63) is 16.1 Å². The Kier molecular flexibility index (Phi) is 4.99. The van der Waals surface area contributed by atoms with Gasteiger partial charge in [0, 0.05) is 17.7 Å². The molecule has 0 aromatic carbocycles. The average Bonchev–Trinajstić information content (AvgIpc) is 2.85. The molecule has 0 aliphatic heterocycles. The average molecular weight is 253 g/mol. The van der Waals surface area contributed by atoms with Gasteiger partial charge < -0.3 is 4.74 Å². The van der Waals surface area contributed by atoms with Crippen LogP contribution in [0.5, 0.6) is 0 Å². The molecule has 0 bridgehead atoms. The minimum atomic E-state index is 0.255. The van der Waals surface area contributed by atoms with Gasteiger partial charge in [0.15, 0.2) is 0 Å². The van der Waals surface area contributed by atoms with Crippen molar-refractivity contribution in [3.63, 3.8) is 0 Å². The van der Waals surface area contributed by atoms with Gasteiger partial charge in [-0.25, -0.2) is 4.98 Å². The summed E-state index contributed by atoms with van der Waals surface area (Å²) in [5.74, 6) is 0.694. The SMILES string of the molecule is CCOC(c1ncc(CC)s1)C1CCCCC1. The van der Waals surface area contributed by atoms with Crippen molar-refractivity contribution in [2.24, 2.45) is 5.92 Å². The predicted molar refractivity (Wildman–Crippen MR) is 72.4 cm³/mol. The molecule has 1 aromatic heterocycles. The number of aromatic nitrogens is 1. The first kappa shape index (κ1) is 13.0. The Hall–Kier alpha value is -0.410. The highest BCUT2D eigenvalue weighted by Gasteiger charge is 2.27. The molecule has 17 heavy (non-hydrogen) atoms. The zero-order valence-corrected chi connectivity index (χ0v) is 11.8. The van der Waals surface area contributed by atoms with Gasteiger partial charge in [0.05, 0.1) is 0 Å². The molecule has 1 fully saturated rings. The standard InChI is InChI=1S/C14H23NOS/c1-3-12-10-15-14(17-12)13(16-4-2)11-8-6-5-7-9-11/h10-11,13H,3-9H2,1-2H3. The zero-order chi connectivity index (χ0) is 12.1. The molecule has 96 valence electrons. The molecule has 0 spiro atoms. The molecular formula is C14H23NOS. The summed E-state index contributed by atoms with van der Waals surface area (Å²) in [4.78, 5) is 5.95. The molecule has 1 unspecified atom stereocenters. The lowest BCUT2D eigenvalue weighted by Gasteiger charge is -2.28. The van der Waals surface area contributed by atoms with Crippen molar-refractivity contribution < 1.29 is 4.74 Å². The molecule has 1 aromatic rings. The molecule has 0 radical (unpaired) electrons. The number of aryl methyl sites for hydroxylation is 1. The van der Waals surface area contributed by atoms with Crippen LogP contribution in [0.3, 0.4) is 0 Å². The van der Waals surface area contributed by atoms with Crippen LogP contribution >= 0.6 is 11.3 Å². The van der Waals surface area contributed by atoms with Crippen LogP contribution < -0.4 is 0 Å². The van der Waals surface area contributed by atoms with Crippen molar-refractivity contribution in [2.75, 3.05) is 6.61 Å². The van der Waals surface area contributed by atoms with E-state index in [9.17, 15) is 0 Å². The van der Waals surface area contributed by atoms with E-state index in [0.717, 1.165) is 13.0 Å². The molecule has 0 amide bonds. The molecule has 1 heterocycles. The molecule has 1 atom stereocenters. The molecule has 3 heteroatoms. The van der Waals surface area contributed by atoms with Crippen LogP contribution in [0.25, 0.3) is 0 Å². The Labute approximate surface area is 108 Å². The smallest absolute Gasteiger partial charge is 0.122 e. The summed E-state index contributed by atoms with van der Waals surface area (Å²) in [7, 11) is 0. The number of hydrogen-bond donors (Lipinski definition) is 0. The fourth-order valence-corrected chi connectivity index (χ4v) is 3.64. The maximum Gasteiger partial charge on any atom is 0.122 e. The summed E-state index contributed by atoms with van der Waals surface area (Å²) in [5, 5.41) is 1.20. The van der Waals surface area contributed by atoms with Gasteiger partial charge in [0.2, 0.25) is 0 Å². The van der Waals surface area contributed by atoms with Crippen LogP contribution in [0.4, 0.5) is 0 Å². The van der Waals surface area contributed by atoms with Crippen molar-refractivity contribution in [1.29, 1.82) is 0 Å². The normalized spacial score (nSPS) is 19.4. The van der Waals surface area contributed by atoms with Crippen LogP contribution in [-0.4, -0.2) is 11.6 Å². The topological polar surface area (TPSA) is 22.1 Å². The van der Waals surface area contributed by atoms with Crippen LogP contribution in [0, 0.1) is 5.92 Å². The second-order valence-electron chi connectivity index (χ2n) is 4.79. The van der Waals surface area contributed by atoms with Gasteiger partial charge in [0.1, 0.15) is 11.1 Å². The first-order chi connectivity index (χ1) is 8.35. The molecule has 1 aliphatic rings. The lowest BCUT2D eigenvalue weighted by atomic mass is 9.85. The minimum absolute atomic E-state index is 0.255. The fourth-order valence-electron chi connectivity index (χ4n) is 2.64. The van der Waals surface area contributed by atoms with Crippen molar-refractivity contribution in [1.82, 2.24) is 4.98 Å². The number of ether oxygens (including phenoxy) is 1. The van der Waals surface area contributed by atoms with E-state index in [-0.39, 0.29) is 6.10 Å². The highest BCUT2D eigenvalue weighted by molar-refractivity contribution is 7.11. The zero-order valence-electron chi connectivity index (χ0n) is 10.9. The maximum atomic E-state index is 5.97. The fraction of sp³-hybridized carbons (Fsp3) is 0.786. The molecule has 1 aliphatic carbocycles. The van der Waals surface area contributed by atoms with E-state index in [1.807, 2.05) is 17.5 Å². The third-order valence-corrected chi connectivity index (χ3v) is 4.79. The van der Waals surface area contributed by atoms with Gasteiger partial charge in [-0.1, -0.05) is 26.2 Å². The molecule has 2 nitrogen and oxygen atoms in total. The quantitative estimate of drug-likeness (QED) is 0.777. The van der Waals surface area contributed by atoms with E-state index in [2.05, 4.69) is 18.8 Å². The third kappa shape index (κ3) is 3.29. The van der Waals surface area contributed by atoms with Crippen LogP contribution in [0.2, 0.25) is 0 Å². The van der Waals surface area contributed by atoms with Crippen LogP contribution in [0.15, 0.2) is 6.20 Å². The highest BCUT2D eigenvalue weighted by Crippen LogP contribution is 2.38. The van der Waals surface area contributed by atoms with Gasteiger partial charge in [-0.3, -0.25) is 0 Å².